The van der Waals surface area contributed by atoms with Gasteiger partial charge in [0.1, 0.15) is 6.17 Å². The fourth-order valence-electron chi connectivity index (χ4n) is 3.99. The highest BCUT2D eigenvalue weighted by Gasteiger charge is 2.56. The first-order valence-electron chi connectivity index (χ1n) is 6.69. The molecular weight excluding hydrogens is 252 g/mol. The minimum Gasteiger partial charge on any atom is -0.287 e. The molecular formula is C14H19F2NS. The summed E-state index contributed by atoms with van der Waals surface area (Å²) in [5, 5.41) is 4.12. The van der Waals surface area contributed by atoms with Crippen molar-refractivity contribution in [3.05, 3.63) is 22.4 Å². The van der Waals surface area contributed by atoms with E-state index in [0.29, 0.717) is 13.0 Å². The number of alkyl halides is 2. The smallest absolute Gasteiger partial charge is 0.115 e. The van der Waals surface area contributed by atoms with Gasteiger partial charge in [-0.15, -0.1) is 0 Å². The van der Waals surface area contributed by atoms with Crippen LogP contribution in [0.4, 0.5) is 8.78 Å². The van der Waals surface area contributed by atoms with Gasteiger partial charge in [0, 0.05) is 24.0 Å². The Hall–Kier alpha value is -0.480. The van der Waals surface area contributed by atoms with Crippen molar-refractivity contribution in [2.75, 3.05) is 13.2 Å². The van der Waals surface area contributed by atoms with E-state index < -0.39 is 6.17 Å². The molecule has 0 radical (unpaired) electrons. The second kappa shape index (κ2) is 4.57. The summed E-state index contributed by atoms with van der Waals surface area (Å²) in [6.45, 7) is 2.29. The van der Waals surface area contributed by atoms with E-state index in [1.54, 1.807) is 11.3 Å². The summed E-state index contributed by atoms with van der Waals surface area (Å²) >= 11 is 1.64. The Balaban J connectivity index is 1.96. The van der Waals surface area contributed by atoms with Gasteiger partial charge >= 0.3 is 0 Å². The molecule has 2 aliphatic rings. The van der Waals surface area contributed by atoms with E-state index in [0.717, 1.165) is 12.8 Å². The van der Waals surface area contributed by atoms with Gasteiger partial charge in [0.2, 0.25) is 0 Å². The molecule has 100 valence electrons. The van der Waals surface area contributed by atoms with E-state index in [1.807, 2.05) is 5.38 Å². The molecule has 1 nitrogen and oxygen atoms in total. The van der Waals surface area contributed by atoms with Gasteiger partial charge in [-0.05, 0) is 41.7 Å². The molecule has 0 aromatic carbocycles. The molecule has 0 bridgehead atoms. The van der Waals surface area contributed by atoms with Crippen molar-refractivity contribution in [3.63, 3.8) is 0 Å². The number of fused-ring (bicyclic) bond motifs is 1. The van der Waals surface area contributed by atoms with Crippen molar-refractivity contribution < 1.29 is 8.78 Å². The average Bonchev–Trinajstić information content (AvgIpc) is 3.01. The standard InChI is InChI=1S/C14H19F2NS/c1-2-14-5-11(7-15)13(10-3-4-18-9-10)17(14)8-12(16)6-14/h3-4,9,11-13H,2,5-8H2,1H3/t11-,12+,13+,14?/m0/s1. The Labute approximate surface area is 111 Å². The zero-order valence-corrected chi connectivity index (χ0v) is 11.4. The van der Waals surface area contributed by atoms with Gasteiger partial charge in [-0.1, -0.05) is 6.92 Å². The van der Waals surface area contributed by atoms with Crippen LogP contribution in [0.3, 0.4) is 0 Å². The molecule has 1 unspecified atom stereocenters. The molecule has 0 N–H and O–H groups in total. The molecule has 1 aromatic rings. The largest absolute Gasteiger partial charge is 0.287 e. The highest BCUT2D eigenvalue weighted by atomic mass is 32.1. The van der Waals surface area contributed by atoms with Crippen LogP contribution in [0.15, 0.2) is 16.8 Å². The van der Waals surface area contributed by atoms with Gasteiger partial charge in [0.05, 0.1) is 6.67 Å². The van der Waals surface area contributed by atoms with Crippen LogP contribution < -0.4 is 0 Å². The molecule has 1 aromatic heterocycles. The van der Waals surface area contributed by atoms with Crippen LogP contribution in [-0.2, 0) is 0 Å². The molecule has 0 spiro atoms. The zero-order chi connectivity index (χ0) is 12.8. The zero-order valence-electron chi connectivity index (χ0n) is 10.6. The van der Waals surface area contributed by atoms with Crippen LogP contribution in [0.2, 0.25) is 0 Å². The predicted molar refractivity (Wildman–Crippen MR) is 70.4 cm³/mol. The van der Waals surface area contributed by atoms with Crippen molar-refractivity contribution in [3.8, 4) is 0 Å². The lowest BCUT2D eigenvalue weighted by atomic mass is 9.86. The first kappa shape index (κ1) is 12.5. The maximum absolute atomic E-state index is 13.8. The van der Waals surface area contributed by atoms with E-state index in [1.165, 1.54) is 5.56 Å². The van der Waals surface area contributed by atoms with Gasteiger partial charge in [0.25, 0.3) is 0 Å². The van der Waals surface area contributed by atoms with Crippen LogP contribution in [0, 0.1) is 5.92 Å². The molecule has 0 amide bonds. The van der Waals surface area contributed by atoms with E-state index >= 15 is 0 Å². The Morgan fingerprint density at radius 2 is 2.33 bits per heavy atom. The number of nitrogens with zero attached hydrogens (tertiary/aromatic N) is 1. The molecule has 3 heterocycles. The summed E-state index contributed by atoms with van der Waals surface area (Å²) in [7, 11) is 0. The predicted octanol–water partition coefficient (Wildman–Crippen LogP) is 3.97. The van der Waals surface area contributed by atoms with Crippen molar-refractivity contribution in [1.82, 2.24) is 4.90 Å². The highest BCUT2D eigenvalue weighted by Crippen LogP contribution is 2.54. The quantitative estimate of drug-likeness (QED) is 0.804. The summed E-state index contributed by atoms with van der Waals surface area (Å²) in [6.07, 6.45) is 1.57. The number of rotatable bonds is 3. The summed E-state index contributed by atoms with van der Waals surface area (Å²) in [5.74, 6) is 0.0343. The lowest BCUT2D eigenvalue weighted by Crippen LogP contribution is -2.38. The van der Waals surface area contributed by atoms with Crippen LogP contribution in [0.5, 0.6) is 0 Å². The second-order valence-corrected chi connectivity index (χ2v) is 6.43. The van der Waals surface area contributed by atoms with Crippen molar-refractivity contribution in [2.45, 2.75) is 43.9 Å². The monoisotopic (exact) mass is 271 g/mol. The third kappa shape index (κ3) is 1.73. The minimum absolute atomic E-state index is 0.0343. The van der Waals surface area contributed by atoms with E-state index in [9.17, 15) is 8.78 Å². The van der Waals surface area contributed by atoms with Gasteiger partial charge < -0.3 is 0 Å². The lowest BCUT2D eigenvalue weighted by Gasteiger charge is -2.33. The van der Waals surface area contributed by atoms with Crippen LogP contribution >= 0.6 is 11.3 Å². The van der Waals surface area contributed by atoms with Crippen LogP contribution in [-0.4, -0.2) is 29.8 Å². The fourth-order valence-corrected chi connectivity index (χ4v) is 4.68. The van der Waals surface area contributed by atoms with Crippen molar-refractivity contribution in [1.29, 1.82) is 0 Å². The normalized spacial score (nSPS) is 40.3. The molecule has 3 rings (SSSR count). The topological polar surface area (TPSA) is 3.24 Å². The van der Waals surface area contributed by atoms with Crippen molar-refractivity contribution >= 4 is 11.3 Å². The van der Waals surface area contributed by atoms with Crippen molar-refractivity contribution in [2.24, 2.45) is 5.92 Å². The molecule has 2 saturated heterocycles. The maximum atomic E-state index is 13.8. The minimum atomic E-state index is -0.744. The molecule has 2 fully saturated rings. The molecule has 0 saturated carbocycles. The maximum Gasteiger partial charge on any atom is 0.115 e. The Morgan fingerprint density at radius 1 is 1.50 bits per heavy atom. The Bertz CT molecular complexity index is 408. The molecule has 4 heteroatoms. The molecule has 2 aliphatic heterocycles. The third-order valence-electron chi connectivity index (χ3n) is 4.77. The molecule has 0 aliphatic carbocycles. The first-order valence-corrected chi connectivity index (χ1v) is 7.63. The van der Waals surface area contributed by atoms with Gasteiger partial charge in [-0.2, -0.15) is 11.3 Å². The summed E-state index contributed by atoms with van der Waals surface area (Å²) in [6, 6.07) is 2.15. The summed E-state index contributed by atoms with van der Waals surface area (Å²) < 4.78 is 27.1. The second-order valence-electron chi connectivity index (χ2n) is 5.65. The molecule has 4 atom stereocenters. The van der Waals surface area contributed by atoms with Gasteiger partial charge in [0.15, 0.2) is 0 Å². The number of thiophene rings is 1. The highest BCUT2D eigenvalue weighted by molar-refractivity contribution is 7.07. The van der Waals surface area contributed by atoms with Gasteiger partial charge in [-0.25, -0.2) is 4.39 Å². The summed E-state index contributed by atoms with van der Waals surface area (Å²) in [4.78, 5) is 2.25. The number of halogens is 2. The SMILES string of the molecule is CCC12C[C@@H](F)CN1[C@H](c1ccsc1)[C@H](CF)C2. The Kier molecular flexibility index (Phi) is 3.18. The number of hydrogen-bond acceptors (Lipinski definition) is 2. The lowest BCUT2D eigenvalue weighted by molar-refractivity contribution is 0.137. The molecule has 18 heavy (non-hydrogen) atoms. The average molecular weight is 271 g/mol. The van der Waals surface area contributed by atoms with E-state index in [4.69, 9.17) is 0 Å². The fraction of sp³-hybridized carbons (Fsp3) is 0.714. The Morgan fingerprint density at radius 3 is 2.94 bits per heavy atom. The third-order valence-corrected chi connectivity index (χ3v) is 5.47. The van der Waals surface area contributed by atoms with E-state index in [-0.39, 0.29) is 24.2 Å². The first-order chi connectivity index (χ1) is 8.70. The van der Waals surface area contributed by atoms with Crippen LogP contribution in [0.1, 0.15) is 37.8 Å². The summed E-state index contributed by atoms with van der Waals surface area (Å²) in [5.41, 5.74) is 1.08. The van der Waals surface area contributed by atoms with Crippen LogP contribution in [0.25, 0.3) is 0 Å². The van der Waals surface area contributed by atoms with E-state index in [2.05, 4.69) is 23.3 Å². The number of hydrogen-bond donors (Lipinski definition) is 0. The van der Waals surface area contributed by atoms with Gasteiger partial charge in [-0.3, -0.25) is 9.29 Å².